The Morgan fingerprint density at radius 3 is 1.73 bits per heavy atom. The molecule has 1 aromatic heterocycles. The Labute approximate surface area is 132 Å². The lowest BCUT2D eigenvalue weighted by atomic mass is 10.2. The molecular weight excluding hydrogens is 278 g/mol. The molecule has 0 saturated heterocycles. The van der Waals surface area contributed by atoms with Crippen LogP contribution in [0.5, 0.6) is 0 Å². The van der Waals surface area contributed by atoms with E-state index < -0.39 is 0 Å². The Morgan fingerprint density at radius 1 is 0.864 bits per heavy atom. The third kappa shape index (κ3) is 7.76. The highest BCUT2D eigenvalue weighted by Crippen LogP contribution is 2.11. The van der Waals surface area contributed by atoms with E-state index in [0.29, 0.717) is 24.5 Å². The van der Waals surface area contributed by atoms with Crippen LogP contribution < -0.4 is 10.6 Å². The quantitative estimate of drug-likeness (QED) is 0.639. The molecule has 22 heavy (non-hydrogen) atoms. The summed E-state index contributed by atoms with van der Waals surface area (Å²) in [7, 11) is 0. The minimum atomic E-state index is -0.0348. The first kappa shape index (κ1) is 18.1. The van der Waals surface area contributed by atoms with Crippen molar-refractivity contribution in [2.45, 2.75) is 65.2 Å². The first-order valence-electron chi connectivity index (χ1n) is 8.22. The number of hydrogen-bond donors (Lipinski definition) is 2. The van der Waals surface area contributed by atoms with Gasteiger partial charge in [-0.15, -0.1) is 0 Å². The molecule has 0 aliphatic heterocycles. The largest absolute Gasteiger partial charge is 0.311 e. The summed E-state index contributed by atoms with van der Waals surface area (Å²) >= 11 is 0. The topological polar surface area (TPSA) is 71.1 Å². The molecule has 0 atom stereocenters. The number of aromatic nitrogens is 1. The van der Waals surface area contributed by atoms with Gasteiger partial charge < -0.3 is 10.6 Å². The van der Waals surface area contributed by atoms with Gasteiger partial charge in [0.1, 0.15) is 11.6 Å². The van der Waals surface area contributed by atoms with Gasteiger partial charge in [-0.05, 0) is 25.0 Å². The van der Waals surface area contributed by atoms with Gasteiger partial charge >= 0.3 is 0 Å². The summed E-state index contributed by atoms with van der Waals surface area (Å²) in [6.45, 7) is 4.21. The summed E-state index contributed by atoms with van der Waals surface area (Å²) < 4.78 is 0. The number of amides is 2. The van der Waals surface area contributed by atoms with Crippen molar-refractivity contribution in [3.05, 3.63) is 18.2 Å². The van der Waals surface area contributed by atoms with E-state index in [1.807, 2.05) is 0 Å². The van der Waals surface area contributed by atoms with Crippen LogP contribution in [0.4, 0.5) is 11.6 Å². The van der Waals surface area contributed by atoms with E-state index in [1.165, 1.54) is 0 Å². The van der Waals surface area contributed by atoms with Crippen molar-refractivity contribution in [1.29, 1.82) is 0 Å². The predicted molar refractivity (Wildman–Crippen MR) is 89.8 cm³/mol. The Morgan fingerprint density at radius 2 is 1.32 bits per heavy atom. The predicted octanol–water partition coefficient (Wildman–Crippen LogP) is 4.12. The van der Waals surface area contributed by atoms with Crippen LogP contribution in [-0.2, 0) is 9.59 Å². The van der Waals surface area contributed by atoms with Crippen molar-refractivity contribution >= 4 is 23.5 Å². The number of pyridine rings is 1. The van der Waals surface area contributed by atoms with Gasteiger partial charge in [0.2, 0.25) is 11.8 Å². The summed E-state index contributed by atoms with van der Waals surface area (Å²) in [6.07, 6.45) is 7.05. The normalized spacial score (nSPS) is 10.3. The van der Waals surface area contributed by atoms with E-state index in [-0.39, 0.29) is 11.8 Å². The van der Waals surface area contributed by atoms with Gasteiger partial charge in [0.25, 0.3) is 0 Å². The SMILES string of the molecule is CCCCCC(=O)Nc1cccc(NC(=O)CCCCC)n1. The number of nitrogens with one attached hydrogen (secondary N) is 2. The van der Waals surface area contributed by atoms with Gasteiger partial charge in [-0.2, -0.15) is 0 Å². The number of carbonyl (C=O) groups excluding carboxylic acids is 2. The third-order valence-corrected chi connectivity index (χ3v) is 3.30. The summed E-state index contributed by atoms with van der Waals surface area (Å²) in [4.78, 5) is 27.8. The van der Waals surface area contributed by atoms with Crippen LogP contribution in [0, 0.1) is 0 Å². The van der Waals surface area contributed by atoms with E-state index in [4.69, 9.17) is 0 Å². The lowest BCUT2D eigenvalue weighted by Crippen LogP contribution is -2.15. The molecule has 5 nitrogen and oxygen atoms in total. The zero-order valence-electron chi connectivity index (χ0n) is 13.7. The standard InChI is InChI=1S/C17H27N3O2/c1-3-5-7-12-16(21)19-14-10-9-11-15(18-14)20-17(22)13-8-6-4-2/h9-11H,3-8,12-13H2,1-2H3,(H2,18,19,20,21,22). The maximum absolute atomic E-state index is 11.8. The minimum absolute atomic E-state index is 0.0348. The molecule has 5 heteroatoms. The monoisotopic (exact) mass is 305 g/mol. The van der Waals surface area contributed by atoms with E-state index in [9.17, 15) is 9.59 Å². The van der Waals surface area contributed by atoms with Crippen LogP contribution in [0.25, 0.3) is 0 Å². The van der Waals surface area contributed by atoms with Crippen LogP contribution >= 0.6 is 0 Å². The smallest absolute Gasteiger partial charge is 0.225 e. The molecule has 0 aliphatic rings. The van der Waals surface area contributed by atoms with E-state index in [0.717, 1.165) is 38.5 Å². The van der Waals surface area contributed by atoms with Crippen molar-refractivity contribution in [3.63, 3.8) is 0 Å². The zero-order valence-corrected chi connectivity index (χ0v) is 13.7. The molecule has 0 unspecified atom stereocenters. The highest BCUT2D eigenvalue weighted by Gasteiger charge is 2.06. The maximum atomic E-state index is 11.8. The molecule has 0 aliphatic carbocycles. The molecule has 0 radical (unpaired) electrons. The molecule has 2 amide bonds. The summed E-state index contributed by atoms with van der Waals surface area (Å²) in [5.41, 5.74) is 0. The fourth-order valence-corrected chi connectivity index (χ4v) is 2.06. The number of rotatable bonds is 10. The molecule has 2 N–H and O–H groups in total. The Balaban J connectivity index is 2.44. The summed E-state index contributed by atoms with van der Waals surface area (Å²) in [5, 5.41) is 5.53. The average Bonchev–Trinajstić information content (AvgIpc) is 2.48. The van der Waals surface area contributed by atoms with Crippen molar-refractivity contribution < 1.29 is 9.59 Å². The third-order valence-electron chi connectivity index (χ3n) is 3.30. The summed E-state index contributed by atoms with van der Waals surface area (Å²) in [6, 6.07) is 5.23. The number of unbranched alkanes of at least 4 members (excludes halogenated alkanes) is 4. The number of anilines is 2. The van der Waals surface area contributed by atoms with Crippen molar-refractivity contribution in [2.75, 3.05) is 10.6 Å². The fraction of sp³-hybridized carbons (Fsp3) is 0.588. The van der Waals surface area contributed by atoms with Gasteiger partial charge in [-0.1, -0.05) is 45.6 Å². The number of carbonyl (C=O) groups is 2. The van der Waals surface area contributed by atoms with Crippen LogP contribution in [0.1, 0.15) is 65.2 Å². The van der Waals surface area contributed by atoms with E-state index in [2.05, 4.69) is 29.5 Å². The second-order valence-electron chi connectivity index (χ2n) is 5.42. The maximum Gasteiger partial charge on any atom is 0.225 e. The molecule has 0 bridgehead atoms. The molecule has 0 fully saturated rings. The molecule has 0 saturated carbocycles. The van der Waals surface area contributed by atoms with E-state index in [1.54, 1.807) is 18.2 Å². The average molecular weight is 305 g/mol. The zero-order chi connectivity index (χ0) is 16.2. The van der Waals surface area contributed by atoms with Crippen molar-refractivity contribution in [3.8, 4) is 0 Å². The number of nitrogens with zero attached hydrogens (tertiary/aromatic N) is 1. The van der Waals surface area contributed by atoms with Gasteiger partial charge in [0.05, 0.1) is 0 Å². The van der Waals surface area contributed by atoms with Gasteiger partial charge in [0.15, 0.2) is 0 Å². The Hall–Kier alpha value is -1.91. The van der Waals surface area contributed by atoms with Crippen LogP contribution in [0.2, 0.25) is 0 Å². The minimum Gasteiger partial charge on any atom is -0.311 e. The van der Waals surface area contributed by atoms with Crippen molar-refractivity contribution in [2.24, 2.45) is 0 Å². The van der Waals surface area contributed by atoms with Gasteiger partial charge in [-0.25, -0.2) is 4.98 Å². The Kier molecular flexibility index (Phi) is 8.88. The molecule has 1 rings (SSSR count). The van der Waals surface area contributed by atoms with Crippen LogP contribution in [0.15, 0.2) is 18.2 Å². The van der Waals surface area contributed by atoms with Gasteiger partial charge in [-0.3, -0.25) is 9.59 Å². The second kappa shape index (κ2) is 10.8. The van der Waals surface area contributed by atoms with Crippen molar-refractivity contribution in [1.82, 2.24) is 4.98 Å². The molecule has 1 heterocycles. The lowest BCUT2D eigenvalue weighted by molar-refractivity contribution is -0.117. The molecular formula is C17H27N3O2. The fourth-order valence-electron chi connectivity index (χ4n) is 2.06. The first-order valence-corrected chi connectivity index (χ1v) is 8.22. The second-order valence-corrected chi connectivity index (χ2v) is 5.42. The number of hydrogen-bond acceptors (Lipinski definition) is 3. The van der Waals surface area contributed by atoms with E-state index >= 15 is 0 Å². The molecule has 0 aromatic carbocycles. The molecule has 0 spiro atoms. The highest BCUT2D eigenvalue weighted by atomic mass is 16.2. The Bertz CT molecular complexity index is 435. The molecule has 122 valence electrons. The van der Waals surface area contributed by atoms with Crippen LogP contribution in [0.3, 0.4) is 0 Å². The highest BCUT2D eigenvalue weighted by molar-refractivity contribution is 5.91. The van der Waals surface area contributed by atoms with Crippen LogP contribution in [-0.4, -0.2) is 16.8 Å². The first-order chi connectivity index (χ1) is 10.7. The van der Waals surface area contributed by atoms with Gasteiger partial charge in [0, 0.05) is 12.8 Å². The molecule has 1 aromatic rings. The summed E-state index contributed by atoms with van der Waals surface area (Å²) in [5.74, 6) is 0.889. The lowest BCUT2D eigenvalue weighted by Gasteiger charge is -2.08.